The van der Waals surface area contributed by atoms with Gasteiger partial charge in [-0.25, -0.2) is 0 Å². The van der Waals surface area contributed by atoms with Crippen molar-refractivity contribution in [3.63, 3.8) is 0 Å². The van der Waals surface area contributed by atoms with Crippen LogP contribution in [0.3, 0.4) is 0 Å². The Kier molecular flexibility index (Phi) is 4.23. The Morgan fingerprint density at radius 1 is 1.17 bits per heavy atom. The quantitative estimate of drug-likeness (QED) is 0.770. The van der Waals surface area contributed by atoms with Crippen LogP contribution in [0.2, 0.25) is 0 Å². The van der Waals surface area contributed by atoms with Gasteiger partial charge < -0.3 is 14.2 Å². The summed E-state index contributed by atoms with van der Waals surface area (Å²) in [6, 6.07) is 10.8. The number of carbonyl (C=O) groups excluding carboxylic acids is 1. The van der Waals surface area contributed by atoms with E-state index in [0.29, 0.717) is 17.5 Å². The lowest BCUT2D eigenvalue weighted by atomic mass is 10.1. The van der Waals surface area contributed by atoms with Crippen LogP contribution in [-0.4, -0.2) is 16.1 Å². The Balaban J connectivity index is 1.74. The van der Waals surface area contributed by atoms with E-state index in [0.717, 1.165) is 17.7 Å². The van der Waals surface area contributed by atoms with Crippen molar-refractivity contribution in [1.82, 2.24) is 10.2 Å². The molecule has 1 amide bonds. The zero-order valence-corrected chi connectivity index (χ0v) is 12.9. The molecule has 23 heavy (non-hydrogen) atoms. The van der Waals surface area contributed by atoms with Gasteiger partial charge in [0.2, 0.25) is 11.8 Å². The maximum atomic E-state index is 11.9. The Bertz CT molecular complexity index is 776. The highest BCUT2D eigenvalue weighted by Gasteiger charge is 2.13. The Morgan fingerprint density at radius 3 is 2.57 bits per heavy atom. The van der Waals surface area contributed by atoms with E-state index < -0.39 is 0 Å². The van der Waals surface area contributed by atoms with Crippen LogP contribution in [-0.2, 0) is 4.79 Å². The zero-order chi connectivity index (χ0) is 16.2. The number of rotatable bonds is 5. The average molecular weight is 311 g/mol. The lowest BCUT2D eigenvalue weighted by Gasteiger charge is -2.09. The van der Waals surface area contributed by atoms with Gasteiger partial charge in [0, 0.05) is 17.2 Å². The first kappa shape index (κ1) is 15.0. The van der Waals surface area contributed by atoms with Crippen LogP contribution in [0.5, 0.6) is 0 Å². The molecule has 6 heteroatoms. The molecule has 0 aliphatic heterocycles. The van der Waals surface area contributed by atoms with Crippen LogP contribution >= 0.6 is 0 Å². The van der Waals surface area contributed by atoms with Crippen molar-refractivity contribution < 1.29 is 13.6 Å². The van der Waals surface area contributed by atoms with Crippen molar-refractivity contribution in [3.05, 3.63) is 42.7 Å². The summed E-state index contributed by atoms with van der Waals surface area (Å²) >= 11 is 0. The molecule has 1 N–H and O–H groups in total. The molecule has 3 aromatic rings. The topological polar surface area (TPSA) is 81.2 Å². The van der Waals surface area contributed by atoms with Crippen molar-refractivity contribution in [2.75, 3.05) is 5.32 Å². The van der Waals surface area contributed by atoms with Crippen molar-refractivity contribution in [2.45, 2.75) is 20.3 Å². The highest BCUT2D eigenvalue weighted by Crippen LogP contribution is 2.25. The third kappa shape index (κ3) is 3.31. The molecule has 0 bridgehead atoms. The summed E-state index contributed by atoms with van der Waals surface area (Å²) in [5, 5.41) is 10.8. The highest BCUT2D eigenvalue weighted by molar-refractivity contribution is 5.92. The molecule has 0 aliphatic rings. The molecule has 2 heterocycles. The molecule has 3 rings (SSSR count). The van der Waals surface area contributed by atoms with Gasteiger partial charge in [-0.2, -0.15) is 0 Å². The largest absolute Gasteiger partial charge is 0.459 e. The van der Waals surface area contributed by atoms with Gasteiger partial charge in [-0.15, -0.1) is 10.2 Å². The van der Waals surface area contributed by atoms with Gasteiger partial charge in [0.25, 0.3) is 5.89 Å². The molecule has 1 atom stereocenters. The van der Waals surface area contributed by atoms with Gasteiger partial charge in [-0.1, -0.05) is 13.8 Å². The molecule has 6 nitrogen and oxygen atoms in total. The Labute approximate surface area is 133 Å². The second kappa shape index (κ2) is 6.48. The van der Waals surface area contributed by atoms with E-state index in [1.54, 1.807) is 18.4 Å². The van der Waals surface area contributed by atoms with E-state index in [1.807, 2.05) is 38.1 Å². The molecule has 0 aliphatic carbocycles. The van der Waals surface area contributed by atoms with Crippen LogP contribution < -0.4 is 5.32 Å². The number of amides is 1. The minimum atomic E-state index is -0.0125. The second-order valence-electron chi connectivity index (χ2n) is 5.27. The van der Waals surface area contributed by atoms with Crippen LogP contribution in [0.15, 0.2) is 51.5 Å². The van der Waals surface area contributed by atoms with Crippen molar-refractivity contribution in [3.8, 4) is 23.1 Å². The Hall–Kier alpha value is -2.89. The summed E-state index contributed by atoms with van der Waals surface area (Å²) in [5.41, 5.74) is 1.52. The molecule has 118 valence electrons. The van der Waals surface area contributed by atoms with Crippen LogP contribution in [0.4, 0.5) is 5.69 Å². The highest BCUT2D eigenvalue weighted by atomic mass is 16.4. The maximum absolute atomic E-state index is 11.9. The number of furan rings is 1. The number of hydrogen-bond donors (Lipinski definition) is 1. The smallest absolute Gasteiger partial charge is 0.283 e. The van der Waals surface area contributed by atoms with Gasteiger partial charge in [-0.3, -0.25) is 4.79 Å². The van der Waals surface area contributed by atoms with Crippen LogP contribution in [0, 0.1) is 5.92 Å². The number of carbonyl (C=O) groups is 1. The minimum absolute atomic E-state index is 0.0122. The van der Waals surface area contributed by atoms with Gasteiger partial charge in [-0.05, 0) is 42.8 Å². The van der Waals surface area contributed by atoms with Crippen molar-refractivity contribution >= 4 is 11.6 Å². The minimum Gasteiger partial charge on any atom is -0.459 e. The summed E-state index contributed by atoms with van der Waals surface area (Å²) in [5.74, 6) is 1.26. The molecule has 0 spiro atoms. The second-order valence-corrected chi connectivity index (χ2v) is 5.27. The summed E-state index contributed by atoms with van der Waals surface area (Å²) in [7, 11) is 0. The van der Waals surface area contributed by atoms with E-state index in [-0.39, 0.29) is 11.8 Å². The normalized spacial score (nSPS) is 12.1. The van der Waals surface area contributed by atoms with Gasteiger partial charge in [0.05, 0.1) is 6.26 Å². The lowest BCUT2D eigenvalue weighted by molar-refractivity contribution is -0.119. The number of nitrogens with zero attached hydrogens (tertiary/aromatic N) is 2. The van der Waals surface area contributed by atoms with Gasteiger partial charge >= 0.3 is 0 Å². The number of anilines is 1. The third-order valence-corrected chi connectivity index (χ3v) is 3.62. The van der Waals surface area contributed by atoms with Crippen molar-refractivity contribution in [2.24, 2.45) is 5.92 Å². The number of benzene rings is 1. The first-order chi connectivity index (χ1) is 11.2. The van der Waals surface area contributed by atoms with Crippen LogP contribution in [0.25, 0.3) is 23.1 Å². The number of nitrogens with one attached hydrogen (secondary N) is 1. The lowest BCUT2D eigenvalue weighted by Crippen LogP contribution is -2.19. The standard InChI is InChI=1S/C17H17N3O3/c1-3-11(2)15(21)18-13-8-6-12(7-9-13)16-19-20-17(23-16)14-5-4-10-22-14/h4-11H,3H2,1-2H3,(H,18,21)/t11-/m0/s1. The summed E-state index contributed by atoms with van der Waals surface area (Å²) < 4.78 is 10.8. The predicted molar refractivity (Wildman–Crippen MR) is 85.5 cm³/mol. The average Bonchev–Trinajstić information content (AvgIpc) is 3.25. The molecule has 0 saturated heterocycles. The first-order valence-electron chi connectivity index (χ1n) is 7.46. The SMILES string of the molecule is CC[C@H](C)C(=O)Nc1ccc(-c2nnc(-c3ccco3)o2)cc1. The van der Waals surface area contributed by atoms with Crippen LogP contribution in [0.1, 0.15) is 20.3 Å². The van der Waals surface area contributed by atoms with E-state index in [2.05, 4.69) is 15.5 Å². The monoisotopic (exact) mass is 311 g/mol. The van der Waals surface area contributed by atoms with E-state index >= 15 is 0 Å². The summed E-state index contributed by atoms with van der Waals surface area (Å²) in [4.78, 5) is 11.9. The molecule has 0 fully saturated rings. The van der Waals surface area contributed by atoms with Crippen molar-refractivity contribution in [1.29, 1.82) is 0 Å². The molecular weight excluding hydrogens is 294 g/mol. The fourth-order valence-corrected chi connectivity index (χ4v) is 1.99. The fourth-order valence-electron chi connectivity index (χ4n) is 1.99. The van der Waals surface area contributed by atoms with Gasteiger partial charge in [0.15, 0.2) is 5.76 Å². The predicted octanol–water partition coefficient (Wildman–Crippen LogP) is 3.98. The zero-order valence-electron chi connectivity index (χ0n) is 12.9. The molecule has 1 aromatic carbocycles. The molecule has 0 radical (unpaired) electrons. The van der Waals surface area contributed by atoms with Gasteiger partial charge in [0.1, 0.15) is 0 Å². The third-order valence-electron chi connectivity index (χ3n) is 3.62. The molecule has 2 aromatic heterocycles. The van der Waals surface area contributed by atoms with E-state index in [4.69, 9.17) is 8.83 Å². The van der Waals surface area contributed by atoms with E-state index in [9.17, 15) is 4.79 Å². The maximum Gasteiger partial charge on any atom is 0.283 e. The Morgan fingerprint density at radius 2 is 1.91 bits per heavy atom. The number of hydrogen-bond acceptors (Lipinski definition) is 5. The molecular formula is C17H17N3O3. The van der Waals surface area contributed by atoms with E-state index in [1.165, 1.54) is 0 Å². The molecule has 0 saturated carbocycles. The molecule has 0 unspecified atom stereocenters. The summed E-state index contributed by atoms with van der Waals surface area (Å²) in [6.45, 7) is 3.89. The number of aromatic nitrogens is 2. The fraction of sp³-hybridized carbons (Fsp3) is 0.235. The summed E-state index contributed by atoms with van der Waals surface area (Å²) in [6.07, 6.45) is 2.36. The first-order valence-corrected chi connectivity index (χ1v) is 7.46.